The van der Waals surface area contributed by atoms with Gasteiger partial charge in [0.1, 0.15) is 5.82 Å². The molecule has 154 valence electrons. The average Bonchev–Trinajstić information content (AvgIpc) is 3.21. The fourth-order valence-corrected chi connectivity index (χ4v) is 4.25. The number of nitrogens with zero attached hydrogens (tertiary/aromatic N) is 4. The molecule has 1 aliphatic heterocycles. The van der Waals surface area contributed by atoms with Gasteiger partial charge in [-0.15, -0.1) is 0 Å². The van der Waals surface area contributed by atoms with Crippen molar-refractivity contribution < 1.29 is 0 Å². The van der Waals surface area contributed by atoms with Gasteiger partial charge in [-0.05, 0) is 43.7 Å². The number of H-pyrrole nitrogens is 2. The molecule has 0 saturated carbocycles. The highest BCUT2D eigenvalue weighted by Gasteiger charge is 2.20. The molecule has 0 atom stereocenters. The molecule has 30 heavy (non-hydrogen) atoms. The van der Waals surface area contributed by atoms with E-state index in [2.05, 4.69) is 48.2 Å². The van der Waals surface area contributed by atoms with E-state index in [0.29, 0.717) is 5.39 Å². The molecule has 2 aromatic carbocycles. The molecule has 1 aliphatic rings. The number of hydrogen-bond donors (Lipinski definition) is 2. The maximum absolute atomic E-state index is 12.2. The van der Waals surface area contributed by atoms with E-state index >= 15 is 0 Å². The Morgan fingerprint density at radius 2 is 1.67 bits per heavy atom. The number of rotatable bonds is 6. The van der Waals surface area contributed by atoms with E-state index in [1.807, 2.05) is 30.3 Å². The Morgan fingerprint density at radius 3 is 2.53 bits per heavy atom. The van der Waals surface area contributed by atoms with Crippen molar-refractivity contribution >= 4 is 27.6 Å². The number of nitrogens with one attached hydrogen (secondary N) is 2. The van der Waals surface area contributed by atoms with Crippen LogP contribution in [0.5, 0.6) is 0 Å². The molecule has 0 amide bonds. The highest BCUT2D eigenvalue weighted by atomic mass is 16.1. The van der Waals surface area contributed by atoms with E-state index in [9.17, 15) is 4.79 Å². The van der Waals surface area contributed by atoms with Crippen molar-refractivity contribution in [2.45, 2.75) is 19.3 Å². The third-order valence-corrected chi connectivity index (χ3v) is 5.92. The standard InChI is InChI=1S/C23H26N6O/c30-23-18-8-2-3-9-19(18)24-21(25-23)11-5-6-12-28-13-15-29(16-14-28)22-17-7-1-4-10-20(17)26-27-22/h1-4,7-10H,5-6,11-16H2,(H,26,27)(H,24,25,30). The number of piperazine rings is 1. The Balaban J connectivity index is 1.11. The van der Waals surface area contributed by atoms with Gasteiger partial charge < -0.3 is 9.88 Å². The van der Waals surface area contributed by atoms with Crippen LogP contribution in [0.3, 0.4) is 0 Å². The van der Waals surface area contributed by atoms with Gasteiger partial charge in [-0.3, -0.25) is 14.8 Å². The van der Waals surface area contributed by atoms with Crippen molar-refractivity contribution in [3.05, 3.63) is 64.7 Å². The molecular weight excluding hydrogens is 376 g/mol. The van der Waals surface area contributed by atoms with E-state index in [0.717, 1.165) is 74.7 Å². The fraction of sp³-hybridized carbons (Fsp3) is 0.348. The first kappa shape index (κ1) is 18.8. The maximum atomic E-state index is 12.2. The van der Waals surface area contributed by atoms with Crippen LogP contribution in [-0.4, -0.2) is 57.8 Å². The summed E-state index contributed by atoms with van der Waals surface area (Å²) in [7, 11) is 0. The molecule has 5 rings (SSSR count). The summed E-state index contributed by atoms with van der Waals surface area (Å²) in [4.78, 5) is 24.6. The van der Waals surface area contributed by atoms with E-state index in [-0.39, 0.29) is 5.56 Å². The fourth-order valence-electron chi connectivity index (χ4n) is 4.25. The molecule has 2 N–H and O–H groups in total. The summed E-state index contributed by atoms with van der Waals surface area (Å²) in [5.74, 6) is 1.85. The first-order valence-corrected chi connectivity index (χ1v) is 10.7. The van der Waals surface area contributed by atoms with Gasteiger partial charge in [0.05, 0.1) is 16.4 Å². The normalized spacial score (nSPS) is 15.3. The zero-order valence-electron chi connectivity index (χ0n) is 17.0. The van der Waals surface area contributed by atoms with Crippen molar-refractivity contribution in [1.82, 2.24) is 25.1 Å². The Bertz CT molecular complexity index is 1210. The molecule has 7 heteroatoms. The Hall–Kier alpha value is -3.19. The van der Waals surface area contributed by atoms with Gasteiger partial charge >= 0.3 is 0 Å². The predicted octanol–water partition coefficient (Wildman–Crippen LogP) is 2.94. The second kappa shape index (κ2) is 8.28. The number of hydrogen-bond acceptors (Lipinski definition) is 5. The van der Waals surface area contributed by atoms with Gasteiger partial charge in [0.25, 0.3) is 5.56 Å². The lowest BCUT2D eigenvalue weighted by Crippen LogP contribution is -2.46. The van der Waals surface area contributed by atoms with E-state index < -0.39 is 0 Å². The van der Waals surface area contributed by atoms with Gasteiger partial charge in [-0.25, -0.2) is 4.98 Å². The summed E-state index contributed by atoms with van der Waals surface area (Å²) >= 11 is 0. The second-order valence-corrected chi connectivity index (χ2v) is 7.91. The molecule has 0 bridgehead atoms. The van der Waals surface area contributed by atoms with Crippen molar-refractivity contribution in [1.29, 1.82) is 0 Å². The van der Waals surface area contributed by atoms with Crippen molar-refractivity contribution in [3.8, 4) is 0 Å². The third kappa shape index (κ3) is 3.80. The van der Waals surface area contributed by atoms with Crippen LogP contribution in [0.1, 0.15) is 18.7 Å². The van der Waals surface area contributed by atoms with Gasteiger partial charge in [-0.2, -0.15) is 5.10 Å². The Kier molecular flexibility index (Phi) is 5.19. The van der Waals surface area contributed by atoms with E-state index in [1.165, 1.54) is 5.39 Å². The minimum atomic E-state index is -0.0439. The Labute approximate surface area is 174 Å². The number of aromatic amines is 2. The maximum Gasteiger partial charge on any atom is 0.258 e. The third-order valence-electron chi connectivity index (χ3n) is 5.92. The molecule has 0 radical (unpaired) electrons. The smallest absolute Gasteiger partial charge is 0.258 e. The van der Waals surface area contributed by atoms with Crippen LogP contribution >= 0.6 is 0 Å². The van der Waals surface area contributed by atoms with E-state index in [4.69, 9.17) is 0 Å². The van der Waals surface area contributed by atoms with Crippen LogP contribution in [0.15, 0.2) is 53.3 Å². The van der Waals surface area contributed by atoms with Gasteiger partial charge in [-0.1, -0.05) is 24.3 Å². The first-order chi connectivity index (χ1) is 14.8. The molecule has 0 unspecified atom stereocenters. The monoisotopic (exact) mass is 402 g/mol. The van der Waals surface area contributed by atoms with Gasteiger partial charge in [0, 0.05) is 38.0 Å². The van der Waals surface area contributed by atoms with Crippen LogP contribution in [0.4, 0.5) is 5.82 Å². The minimum Gasteiger partial charge on any atom is -0.352 e. The first-order valence-electron chi connectivity index (χ1n) is 10.7. The lowest BCUT2D eigenvalue weighted by molar-refractivity contribution is 0.252. The quantitative estimate of drug-likeness (QED) is 0.485. The number of benzene rings is 2. The van der Waals surface area contributed by atoms with Crippen molar-refractivity contribution in [2.24, 2.45) is 0 Å². The number of fused-ring (bicyclic) bond motifs is 2. The van der Waals surface area contributed by atoms with E-state index in [1.54, 1.807) is 0 Å². The van der Waals surface area contributed by atoms with Crippen LogP contribution < -0.4 is 10.5 Å². The Morgan fingerprint density at radius 1 is 0.900 bits per heavy atom. The number of anilines is 1. The summed E-state index contributed by atoms with van der Waals surface area (Å²) in [6.45, 7) is 5.16. The van der Waals surface area contributed by atoms with Crippen molar-refractivity contribution in [3.63, 3.8) is 0 Å². The number of aromatic nitrogens is 4. The van der Waals surface area contributed by atoms with Crippen LogP contribution in [-0.2, 0) is 6.42 Å². The summed E-state index contributed by atoms with van der Waals surface area (Å²) in [6.07, 6.45) is 2.92. The molecule has 1 fully saturated rings. The summed E-state index contributed by atoms with van der Waals surface area (Å²) in [6, 6.07) is 15.8. The molecule has 7 nitrogen and oxygen atoms in total. The van der Waals surface area contributed by atoms with Crippen LogP contribution in [0.25, 0.3) is 21.8 Å². The average molecular weight is 403 g/mol. The predicted molar refractivity (Wildman–Crippen MR) is 120 cm³/mol. The summed E-state index contributed by atoms with van der Waals surface area (Å²) in [5, 5.41) is 9.51. The molecule has 0 spiro atoms. The van der Waals surface area contributed by atoms with Gasteiger partial charge in [0.2, 0.25) is 0 Å². The lowest BCUT2D eigenvalue weighted by atomic mass is 10.2. The molecule has 1 saturated heterocycles. The van der Waals surface area contributed by atoms with Crippen LogP contribution in [0.2, 0.25) is 0 Å². The summed E-state index contributed by atoms with van der Waals surface area (Å²) < 4.78 is 0. The highest BCUT2D eigenvalue weighted by molar-refractivity contribution is 5.90. The second-order valence-electron chi connectivity index (χ2n) is 7.91. The lowest BCUT2D eigenvalue weighted by Gasteiger charge is -2.35. The highest BCUT2D eigenvalue weighted by Crippen LogP contribution is 2.24. The largest absolute Gasteiger partial charge is 0.352 e. The molecular formula is C23H26N6O. The molecule has 3 heterocycles. The minimum absolute atomic E-state index is 0.0439. The number of aryl methyl sites for hydroxylation is 1. The number of unbranched alkanes of at least 4 members (excludes halogenated alkanes) is 1. The van der Waals surface area contributed by atoms with Gasteiger partial charge in [0.15, 0.2) is 5.82 Å². The van der Waals surface area contributed by atoms with Crippen LogP contribution in [0, 0.1) is 0 Å². The topological polar surface area (TPSA) is 80.9 Å². The zero-order chi connectivity index (χ0) is 20.3. The van der Waals surface area contributed by atoms with Crippen molar-refractivity contribution in [2.75, 3.05) is 37.6 Å². The zero-order valence-corrected chi connectivity index (χ0v) is 17.0. The number of para-hydroxylation sites is 2. The molecule has 0 aliphatic carbocycles. The SMILES string of the molecule is O=c1[nH]c(CCCCN2CCN(c3n[nH]c4ccccc34)CC2)nc2ccccc12. The molecule has 2 aromatic heterocycles. The molecule has 4 aromatic rings. The summed E-state index contributed by atoms with van der Waals surface area (Å²) in [5.41, 5.74) is 1.83.